The van der Waals surface area contributed by atoms with Gasteiger partial charge in [-0.3, -0.25) is 14.4 Å². The predicted molar refractivity (Wildman–Crippen MR) is 270 cm³/mol. The standard InChI is InChI=1S/C57H110O6/c1-7-53(6)45-39-33-27-20-16-12-8-9-13-18-22-30-36-42-48-57(60)63-54(50-62-56(59)47-41-35-29-24-23-26-32-38-44-52(4)5)49-61-55(58)46-40-34-28-21-17-14-10-11-15-19-25-31-37-43-51(2)3/h51-54H,7-50H2,1-6H3/t53?,54-/m1/s1. The summed E-state index contributed by atoms with van der Waals surface area (Å²) in [4.78, 5) is 38.1. The summed E-state index contributed by atoms with van der Waals surface area (Å²) in [5, 5.41) is 0. The molecule has 0 amide bonds. The molecule has 0 aliphatic carbocycles. The van der Waals surface area contributed by atoms with Crippen molar-refractivity contribution in [3.63, 3.8) is 0 Å². The Balaban J connectivity index is 4.29. The van der Waals surface area contributed by atoms with E-state index in [2.05, 4.69) is 41.5 Å². The molecule has 0 heterocycles. The number of hydrogen-bond acceptors (Lipinski definition) is 6. The quantitative estimate of drug-likeness (QED) is 0.0344. The summed E-state index contributed by atoms with van der Waals surface area (Å²) in [5.41, 5.74) is 0. The summed E-state index contributed by atoms with van der Waals surface area (Å²) in [5.74, 6) is 1.68. The second kappa shape index (κ2) is 48.3. The van der Waals surface area contributed by atoms with E-state index in [-0.39, 0.29) is 31.1 Å². The lowest BCUT2D eigenvalue weighted by Crippen LogP contribution is -2.30. The van der Waals surface area contributed by atoms with Crippen molar-refractivity contribution in [3.8, 4) is 0 Å². The maximum Gasteiger partial charge on any atom is 0.306 e. The number of esters is 3. The molecule has 0 aliphatic heterocycles. The number of hydrogen-bond donors (Lipinski definition) is 0. The molecule has 0 aromatic rings. The first-order valence-corrected chi connectivity index (χ1v) is 28.1. The van der Waals surface area contributed by atoms with Gasteiger partial charge in [0, 0.05) is 19.3 Å². The first-order chi connectivity index (χ1) is 30.6. The highest BCUT2D eigenvalue weighted by Crippen LogP contribution is 2.19. The van der Waals surface area contributed by atoms with Gasteiger partial charge in [0.05, 0.1) is 0 Å². The smallest absolute Gasteiger partial charge is 0.306 e. The van der Waals surface area contributed by atoms with Gasteiger partial charge in [-0.1, -0.05) is 273 Å². The molecule has 0 aromatic carbocycles. The molecule has 2 atom stereocenters. The lowest BCUT2D eigenvalue weighted by Gasteiger charge is -2.18. The van der Waals surface area contributed by atoms with Crippen molar-refractivity contribution in [3.05, 3.63) is 0 Å². The Morgan fingerprint density at radius 2 is 0.556 bits per heavy atom. The van der Waals surface area contributed by atoms with Crippen LogP contribution in [0.4, 0.5) is 0 Å². The van der Waals surface area contributed by atoms with Gasteiger partial charge in [-0.2, -0.15) is 0 Å². The van der Waals surface area contributed by atoms with Crippen LogP contribution in [0.15, 0.2) is 0 Å². The van der Waals surface area contributed by atoms with E-state index in [0.717, 1.165) is 75.5 Å². The van der Waals surface area contributed by atoms with E-state index in [4.69, 9.17) is 14.2 Å². The fraction of sp³-hybridized carbons (Fsp3) is 0.947. The molecule has 0 bridgehead atoms. The number of unbranched alkanes of at least 4 members (excludes halogenated alkanes) is 32. The van der Waals surface area contributed by atoms with E-state index < -0.39 is 6.10 Å². The summed E-state index contributed by atoms with van der Waals surface area (Å²) < 4.78 is 16.9. The second-order valence-electron chi connectivity index (χ2n) is 20.8. The molecule has 374 valence electrons. The molecule has 0 aromatic heterocycles. The van der Waals surface area contributed by atoms with E-state index in [1.54, 1.807) is 0 Å². The fourth-order valence-corrected chi connectivity index (χ4v) is 8.61. The lowest BCUT2D eigenvalue weighted by atomic mass is 9.99. The van der Waals surface area contributed by atoms with Crippen LogP contribution in [-0.4, -0.2) is 37.2 Å². The molecule has 1 unspecified atom stereocenters. The van der Waals surface area contributed by atoms with Gasteiger partial charge < -0.3 is 14.2 Å². The third-order valence-electron chi connectivity index (χ3n) is 13.3. The Morgan fingerprint density at radius 3 is 0.825 bits per heavy atom. The zero-order valence-corrected chi connectivity index (χ0v) is 43.4. The van der Waals surface area contributed by atoms with Gasteiger partial charge in [0.25, 0.3) is 0 Å². The minimum Gasteiger partial charge on any atom is -0.462 e. The molecule has 0 saturated heterocycles. The van der Waals surface area contributed by atoms with Crippen LogP contribution in [0.2, 0.25) is 0 Å². The number of carbonyl (C=O) groups is 3. The van der Waals surface area contributed by atoms with Gasteiger partial charge >= 0.3 is 17.9 Å². The third kappa shape index (κ3) is 49.7. The van der Waals surface area contributed by atoms with Crippen LogP contribution < -0.4 is 0 Å². The van der Waals surface area contributed by atoms with Crippen LogP contribution in [0.1, 0.15) is 311 Å². The maximum absolute atomic E-state index is 12.8. The SMILES string of the molecule is CCC(C)CCCCCCCCCCCCCCCCC(=O)O[C@H](COC(=O)CCCCCCCCCCCCCCCC(C)C)COC(=O)CCCCCCCCCCC(C)C. The Kier molecular flexibility index (Phi) is 47.1. The summed E-state index contributed by atoms with van der Waals surface area (Å²) in [7, 11) is 0. The van der Waals surface area contributed by atoms with Crippen LogP contribution in [0, 0.1) is 17.8 Å². The van der Waals surface area contributed by atoms with Gasteiger partial charge in [-0.05, 0) is 37.0 Å². The van der Waals surface area contributed by atoms with Crippen molar-refractivity contribution in [2.75, 3.05) is 13.2 Å². The third-order valence-corrected chi connectivity index (χ3v) is 13.3. The molecule has 63 heavy (non-hydrogen) atoms. The van der Waals surface area contributed by atoms with Crippen LogP contribution in [0.3, 0.4) is 0 Å². The fourth-order valence-electron chi connectivity index (χ4n) is 8.61. The Morgan fingerprint density at radius 1 is 0.317 bits per heavy atom. The molecule has 0 fully saturated rings. The van der Waals surface area contributed by atoms with Gasteiger partial charge in [-0.15, -0.1) is 0 Å². The van der Waals surface area contributed by atoms with Crippen molar-refractivity contribution in [1.29, 1.82) is 0 Å². The molecule has 0 radical (unpaired) electrons. The molecular weight excluding hydrogens is 781 g/mol. The van der Waals surface area contributed by atoms with Crippen LogP contribution in [-0.2, 0) is 28.6 Å². The number of carbonyl (C=O) groups excluding carboxylic acids is 3. The van der Waals surface area contributed by atoms with Crippen LogP contribution >= 0.6 is 0 Å². The maximum atomic E-state index is 12.8. The largest absolute Gasteiger partial charge is 0.462 e. The van der Waals surface area contributed by atoms with Crippen LogP contribution in [0.25, 0.3) is 0 Å². The highest BCUT2D eigenvalue weighted by molar-refractivity contribution is 5.71. The Labute approximate surface area is 393 Å². The van der Waals surface area contributed by atoms with E-state index in [1.807, 2.05) is 0 Å². The average molecular weight is 892 g/mol. The van der Waals surface area contributed by atoms with E-state index in [0.29, 0.717) is 19.3 Å². The van der Waals surface area contributed by atoms with Crippen molar-refractivity contribution in [2.45, 2.75) is 317 Å². The summed E-state index contributed by atoms with van der Waals surface area (Å²) >= 11 is 0. The zero-order valence-electron chi connectivity index (χ0n) is 43.4. The Bertz CT molecular complexity index is 978. The van der Waals surface area contributed by atoms with Gasteiger partial charge in [-0.25, -0.2) is 0 Å². The zero-order chi connectivity index (χ0) is 46.3. The highest BCUT2D eigenvalue weighted by atomic mass is 16.6. The topological polar surface area (TPSA) is 78.9 Å². The van der Waals surface area contributed by atoms with Gasteiger partial charge in [0.1, 0.15) is 13.2 Å². The minimum absolute atomic E-state index is 0.0641. The molecule has 6 heteroatoms. The van der Waals surface area contributed by atoms with Gasteiger partial charge in [0.15, 0.2) is 6.10 Å². The predicted octanol–water partition coefficient (Wildman–Crippen LogP) is 18.3. The monoisotopic (exact) mass is 891 g/mol. The summed E-state index contributed by atoms with van der Waals surface area (Å²) in [6.45, 7) is 13.8. The normalized spacial score (nSPS) is 12.6. The van der Waals surface area contributed by atoms with Crippen LogP contribution in [0.5, 0.6) is 0 Å². The first kappa shape index (κ1) is 61.4. The van der Waals surface area contributed by atoms with Crippen molar-refractivity contribution < 1.29 is 28.6 Å². The van der Waals surface area contributed by atoms with Crippen molar-refractivity contribution >= 4 is 17.9 Å². The lowest BCUT2D eigenvalue weighted by molar-refractivity contribution is -0.167. The molecule has 0 N–H and O–H groups in total. The second-order valence-corrected chi connectivity index (χ2v) is 20.8. The summed E-state index contributed by atoms with van der Waals surface area (Å²) in [6.07, 6.45) is 49.5. The van der Waals surface area contributed by atoms with Crippen molar-refractivity contribution in [1.82, 2.24) is 0 Å². The van der Waals surface area contributed by atoms with Gasteiger partial charge in [0.2, 0.25) is 0 Å². The minimum atomic E-state index is -0.763. The van der Waals surface area contributed by atoms with E-state index >= 15 is 0 Å². The first-order valence-electron chi connectivity index (χ1n) is 28.1. The average Bonchev–Trinajstić information content (AvgIpc) is 3.25. The molecular formula is C57H110O6. The van der Waals surface area contributed by atoms with Crippen molar-refractivity contribution in [2.24, 2.45) is 17.8 Å². The highest BCUT2D eigenvalue weighted by Gasteiger charge is 2.19. The molecule has 6 nitrogen and oxygen atoms in total. The number of ether oxygens (including phenoxy) is 3. The van der Waals surface area contributed by atoms with E-state index in [9.17, 15) is 14.4 Å². The van der Waals surface area contributed by atoms with E-state index in [1.165, 1.54) is 193 Å². The molecule has 0 spiro atoms. The molecule has 0 saturated carbocycles. The Hall–Kier alpha value is -1.59. The number of rotatable bonds is 50. The summed E-state index contributed by atoms with van der Waals surface area (Å²) in [6, 6.07) is 0. The molecule has 0 rings (SSSR count). The molecule has 0 aliphatic rings.